The van der Waals surface area contributed by atoms with Crippen molar-refractivity contribution in [1.82, 2.24) is 5.32 Å². The van der Waals surface area contributed by atoms with Gasteiger partial charge in [0.1, 0.15) is 0 Å². The molecule has 9 heavy (non-hydrogen) atoms. The molecule has 0 aliphatic carbocycles. The largest absolute Gasteiger partial charge is 0.366 e. The van der Waals surface area contributed by atoms with E-state index in [9.17, 15) is 0 Å². The Morgan fingerprint density at radius 2 is 1.89 bits per heavy atom. The van der Waals surface area contributed by atoms with Gasteiger partial charge in [0.05, 0.1) is 0 Å². The Bertz CT molecular complexity index is 143. The van der Waals surface area contributed by atoms with Crippen LogP contribution in [0.2, 0.25) is 0 Å². The number of hydrogen-bond acceptors (Lipinski definition) is 1. The fourth-order valence-corrected chi connectivity index (χ4v) is 0.420. The number of nitrogens with one attached hydrogen (secondary N) is 1. The van der Waals surface area contributed by atoms with E-state index in [0.29, 0.717) is 0 Å². The van der Waals surface area contributed by atoms with Crippen molar-refractivity contribution in [2.45, 2.75) is 13.8 Å². The Morgan fingerprint density at radius 3 is 2.22 bits per heavy atom. The van der Waals surface area contributed by atoms with E-state index in [-0.39, 0.29) is 0 Å². The van der Waals surface area contributed by atoms with Crippen LogP contribution in [0.5, 0.6) is 0 Å². The molecule has 0 spiro atoms. The lowest BCUT2D eigenvalue weighted by atomic mass is 10.2. The molecule has 0 aromatic heterocycles. The summed E-state index contributed by atoms with van der Waals surface area (Å²) >= 11 is 0. The Morgan fingerprint density at radius 1 is 1.33 bits per heavy atom. The summed E-state index contributed by atoms with van der Waals surface area (Å²) in [5, 5.41) is 2.97. The maximum Gasteiger partial charge on any atom is 0.0144 e. The predicted octanol–water partition coefficient (Wildman–Crippen LogP) is 2.20. The van der Waals surface area contributed by atoms with E-state index in [2.05, 4.69) is 18.5 Å². The lowest BCUT2D eigenvalue weighted by Crippen LogP contribution is -2.01. The first-order valence-electron chi connectivity index (χ1n) is 2.89. The summed E-state index contributed by atoms with van der Waals surface area (Å²) in [5.41, 5.74) is 2.25. The Labute approximate surface area is 56.8 Å². The van der Waals surface area contributed by atoms with Gasteiger partial charge < -0.3 is 5.32 Å². The molecule has 50 valence electrons. The van der Waals surface area contributed by atoms with Crippen molar-refractivity contribution < 1.29 is 0 Å². The van der Waals surface area contributed by atoms with Crippen LogP contribution in [-0.4, -0.2) is 0 Å². The summed E-state index contributed by atoms with van der Waals surface area (Å²) in [6, 6.07) is 0. The summed E-state index contributed by atoms with van der Waals surface area (Å²) in [6.45, 7) is 11.2. The van der Waals surface area contributed by atoms with Crippen LogP contribution in [-0.2, 0) is 0 Å². The topological polar surface area (TPSA) is 12.0 Å². The van der Waals surface area contributed by atoms with Crippen LogP contribution in [0.25, 0.3) is 0 Å². The summed E-state index contributed by atoms with van der Waals surface area (Å²) in [7, 11) is 0. The van der Waals surface area contributed by atoms with Gasteiger partial charge in [0, 0.05) is 5.70 Å². The first kappa shape index (κ1) is 8.02. The van der Waals surface area contributed by atoms with Crippen LogP contribution >= 0.6 is 0 Å². The van der Waals surface area contributed by atoms with Crippen molar-refractivity contribution in [2.24, 2.45) is 0 Å². The number of hydrogen-bond donors (Lipinski definition) is 1. The fourth-order valence-electron chi connectivity index (χ4n) is 0.420. The highest BCUT2D eigenvalue weighted by Crippen LogP contribution is 1.98. The van der Waals surface area contributed by atoms with E-state index >= 15 is 0 Å². The number of rotatable bonds is 3. The van der Waals surface area contributed by atoms with Crippen molar-refractivity contribution in [3.8, 4) is 0 Å². The van der Waals surface area contributed by atoms with Crippen LogP contribution in [0.1, 0.15) is 13.8 Å². The minimum absolute atomic E-state index is 1.10. The molecule has 0 radical (unpaired) electrons. The maximum atomic E-state index is 3.63. The van der Waals surface area contributed by atoms with Gasteiger partial charge in [0.25, 0.3) is 0 Å². The van der Waals surface area contributed by atoms with E-state index in [0.717, 1.165) is 11.3 Å². The maximum absolute atomic E-state index is 3.63. The molecule has 0 aromatic rings. The third kappa shape index (κ3) is 2.75. The molecule has 1 heteroatoms. The lowest BCUT2D eigenvalue weighted by molar-refractivity contribution is 1.04. The normalized spacial score (nSPS) is 11.8. The molecule has 0 fully saturated rings. The van der Waals surface area contributed by atoms with Gasteiger partial charge in [-0.2, -0.15) is 0 Å². The smallest absolute Gasteiger partial charge is 0.0144 e. The SMILES string of the molecule is C=CN/C(C)=C(/C)C=C. The highest BCUT2D eigenvalue weighted by atomic mass is 14.8. The van der Waals surface area contributed by atoms with Crippen LogP contribution in [0.15, 0.2) is 36.7 Å². The van der Waals surface area contributed by atoms with Gasteiger partial charge in [-0.3, -0.25) is 0 Å². The van der Waals surface area contributed by atoms with E-state index in [1.165, 1.54) is 0 Å². The molecule has 1 N–H and O–H groups in total. The van der Waals surface area contributed by atoms with Crippen LogP contribution < -0.4 is 5.32 Å². The molecule has 0 heterocycles. The van der Waals surface area contributed by atoms with E-state index < -0.39 is 0 Å². The highest BCUT2D eigenvalue weighted by molar-refractivity contribution is 5.19. The van der Waals surface area contributed by atoms with Crippen molar-refractivity contribution in [3.05, 3.63) is 36.7 Å². The zero-order valence-electron chi connectivity index (χ0n) is 6.07. The first-order chi connectivity index (χ1) is 4.22. The average molecular weight is 123 g/mol. The molecule has 0 amide bonds. The monoisotopic (exact) mass is 123 g/mol. The molecular formula is C8H13N. The summed E-state index contributed by atoms with van der Waals surface area (Å²) in [5.74, 6) is 0. The minimum Gasteiger partial charge on any atom is -0.366 e. The Kier molecular flexibility index (Phi) is 3.52. The first-order valence-corrected chi connectivity index (χ1v) is 2.89. The molecule has 0 bridgehead atoms. The molecular weight excluding hydrogens is 110 g/mol. The molecule has 0 saturated heterocycles. The van der Waals surface area contributed by atoms with E-state index in [1.54, 1.807) is 6.20 Å². The molecule has 0 aliphatic rings. The second kappa shape index (κ2) is 3.96. The third-order valence-corrected chi connectivity index (χ3v) is 1.22. The van der Waals surface area contributed by atoms with Crippen molar-refractivity contribution >= 4 is 0 Å². The second-order valence-electron chi connectivity index (χ2n) is 1.86. The van der Waals surface area contributed by atoms with Gasteiger partial charge in [-0.05, 0) is 25.6 Å². The van der Waals surface area contributed by atoms with Gasteiger partial charge >= 0.3 is 0 Å². The van der Waals surface area contributed by atoms with Crippen LogP contribution in [0.3, 0.4) is 0 Å². The number of allylic oxidation sites excluding steroid dienone is 3. The fraction of sp³-hybridized carbons (Fsp3) is 0.250. The minimum atomic E-state index is 1.10. The van der Waals surface area contributed by atoms with E-state index in [4.69, 9.17) is 0 Å². The van der Waals surface area contributed by atoms with Crippen molar-refractivity contribution in [2.75, 3.05) is 0 Å². The third-order valence-electron chi connectivity index (χ3n) is 1.22. The summed E-state index contributed by atoms with van der Waals surface area (Å²) < 4.78 is 0. The molecule has 0 unspecified atom stereocenters. The molecule has 0 saturated carbocycles. The molecule has 0 rings (SSSR count). The van der Waals surface area contributed by atoms with Gasteiger partial charge in [0.15, 0.2) is 0 Å². The second-order valence-corrected chi connectivity index (χ2v) is 1.86. The van der Waals surface area contributed by atoms with Crippen molar-refractivity contribution in [3.63, 3.8) is 0 Å². The summed E-state index contributed by atoms with van der Waals surface area (Å²) in [4.78, 5) is 0. The molecule has 0 atom stereocenters. The van der Waals surface area contributed by atoms with Gasteiger partial charge in [-0.25, -0.2) is 0 Å². The predicted molar refractivity (Wildman–Crippen MR) is 41.9 cm³/mol. The van der Waals surface area contributed by atoms with Gasteiger partial charge in [0.2, 0.25) is 0 Å². The Hall–Kier alpha value is -0.980. The van der Waals surface area contributed by atoms with E-state index in [1.807, 2.05) is 19.9 Å². The summed E-state index contributed by atoms with van der Waals surface area (Å²) in [6.07, 6.45) is 3.47. The van der Waals surface area contributed by atoms with Gasteiger partial charge in [-0.1, -0.05) is 19.2 Å². The lowest BCUT2D eigenvalue weighted by Gasteiger charge is -2.00. The zero-order chi connectivity index (χ0) is 7.28. The molecule has 0 aliphatic heterocycles. The van der Waals surface area contributed by atoms with Crippen molar-refractivity contribution in [1.29, 1.82) is 0 Å². The van der Waals surface area contributed by atoms with Gasteiger partial charge in [-0.15, -0.1) is 0 Å². The Balaban J connectivity index is 4.08. The average Bonchev–Trinajstić information content (AvgIpc) is 1.87. The standard InChI is InChI=1S/C8H13N/c1-5-7(3)8(4)9-6-2/h5-6,9H,1-2H2,3-4H3/b8-7-. The molecule has 0 aromatic carbocycles. The quantitative estimate of drug-likeness (QED) is 0.567. The molecule has 1 nitrogen and oxygen atoms in total. The van der Waals surface area contributed by atoms with Crippen LogP contribution in [0.4, 0.5) is 0 Å². The highest BCUT2D eigenvalue weighted by Gasteiger charge is 1.85. The zero-order valence-corrected chi connectivity index (χ0v) is 6.07. The van der Waals surface area contributed by atoms with Crippen LogP contribution in [0, 0.1) is 0 Å².